The Morgan fingerprint density at radius 1 is 0.540 bits per heavy atom. The van der Waals surface area contributed by atoms with Gasteiger partial charge in [0.1, 0.15) is 21.4 Å². The van der Waals surface area contributed by atoms with Crippen LogP contribution in [0.25, 0.3) is 49.8 Å². The van der Waals surface area contributed by atoms with Crippen LogP contribution in [-0.4, -0.2) is 20.8 Å². The van der Waals surface area contributed by atoms with Crippen molar-refractivity contribution in [3.05, 3.63) is 249 Å². The summed E-state index contributed by atoms with van der Waals surface area (Å²) in [5, 5.41) is 14.6. The molecule has 0 radical (unpaired) electrons. The molecule has 0 unspecified atom stereocenters. The Balaban J connectivity index is 1.19. The maximum atomic E-state index is 12.1. The molecule has 302 valence electrons. The molecule has 0 aliphatic heterocycles. The van der Waals surface area contributed by atoms with Gasteiger partial charge in [0.15, 0.2) is 0 Å². The van der Waals surface area contributed by atoms with E-state index in [1.54, 1.807) is 0 Å². The zero-order chi connectivity index (χ0) is 43.2. The number of benzene rings is 7. The van der Waals surface area contributed by atoms with Gasteiger partial charge in [-0.3, -0.25) is 0 Å². The molecule has 1 nitrogen and oxygen atoms in total. The van der Waals surface area contributed by atoms with E-state index in [0.717, 1.165) is 52.6 Å². The minimum atomic E-state index is 0.391. The highest BCUT2D eigenvalue weighted by Gasteiger charge is 2.34. The normalized spacial score (nSPS) is 15.5. The third-order valence-corrected chi connectivity index (χ3v) is 13.9. The van der Waals surface area contributed by atoms with Crippen molar-refractivity contribution in [3.63, 3.8) is 0 Å². The minimum absolute atomic E-state index is 0.391. The molecular weight excluding hydrogens is 758 g/mol. The van der Waals surface area contributed by atoms with Crippen molar-refractivity contribution >= 4 is 65.3 Å². The summed E-state index contributed by atoms with van der Waals surface area (Å²) in [4.78, 5) is 0. The molecule has 63 heavy (non-hydrogen) atoms. The van der Waals surface area contributed by atoms with Crippen LogP contribution < -0.4 is 10.9 Å². The predicted molar refractivity (Wildman–Crippen MR) is 275 cm³/mol. The first kappa shape index (κ1) is 40.0. The van der Waals surface area contributed by atoms with E-state index in [4.69, 9.17) is 0 Å². The van der Waals surface area contributed by atoms with Crippen molar-refractivity contribution in [2.24, 2.45) is 0 Å². The second kappa shape index (κ2) is 16.6. The zero-order valence-electron chi connectivity index (χ0n) is 36.7. The van der Waals surface area contributed by atoms with E-state index in [2.05, 4.69) is 212 Å². The molecule has 3 aliphatic rings. The van der Waals surface area contributed by atoms with Crippen molar-refractivity contribution in [3.8, 4) is 16.9 Å². The Morgan fingerprint density at radius 2 is 1.10 bits per heavy atom. The van der Waals surface area contributed by atoms with Crippen molar-refractivity contribution in [2.75, 3.05) is 0 Å². The Kier molecular flexibility index (Phi) is 10.6. The number of hydrogen-bond acceptors (Lipinski definition) is 1. The lowest BCUT2D eigenvalue weighted by Crippen LogP contribution is -2.25. The first-order valence-corrected chi connectivity index (χ1v) is 22.4. The highest BCUT2D eigenvalue weighted by molar-refractivity contribution is 6.42. The Bertz CT molecular complexity index is 3150. The molecule has 0 amide bonds. The van der Waals surface area contributed by atoms with Gasteiger partial charge in [0, 0.05) is 12.0 Å². The van der Waals surface area contributed by atoms with Gasteiger partial charge in [-0.05, 0) is 144 Å². The van der Waals surface area contributed by atoms with Gasteiger partial charge < -0.3 is 5.11 Å². The van der Waals surface area contributed by atoms with Crippen LogP contribution in [0.4, 0.5) is 0 Å². The number of rotatable bonds is 8. The van der Waals surface area contributed by atoms with Gasteiger partial charge in [0.05, 0.1) is 0 Å². The third-order valence-electron chi connectivity index (χ3n) is 13.9. The molecule has 0 saturated heterocycles. The summed E-state index contributed by atoms with van der Waals surface area (Å²) < 4.78 is 0. The molecule has 10 rings (SSSR count). The maximum Gasteiger partial charge on any atom is 0.144 e. The van der Waals surface area contributed by atoms with Gasteiger partial charge in [-0.25, -0.2) is 0 Å². The van der Waals surface area contributed by atoms with Crippen LogP contribution in [0.3, 0.4) is 0 Å². The average molecular weight is 809 g/mol. The summed E-state index contributed by atoms with van der Waals surface area (Å²) in [6, 6.07) is 52.3. The third kappa shape index (κ3) is 6.93. The molecule has 7 aromatic rings. The predicted octanol–water partition coefficient (Wildman–Crippen LogP) is 12.0. The van der Waals surface area contributed by atoms with Crippen molar-refractivity contribution in [2.45, 2.75) is 39.5 Å². The molecule has 0 aromatic heterocycles. The van der Waals surface area contributed by atoms with Crippen LogP contribution in [0, 0.1) is 13.8 Å². The van der Waals surface area contributed by atoms with Gasteiger partial charge in [-0.2, -0.15) is 0 Å². The van der Waals surface area contributed by atoms with E-state index in [-0.39, 0.29) is 0 Å². The molecule has 0 spiro atoms. The topological polar surface area (TPSA) is 20.2 Å². The molecule has 7 aromatic carbocycles. The Labute approximate surface area is 374 Å². The smallest absolute Gasteiger partial charge is 0.144 e. The van der Waals surface area contributed by atoms with Gasteiger partial charge >= 0.3 is 0 Å². The number of allylic oxidation sites excluding steroid dienone is 12. The fourth-order valence-electron chi connectivity index (χ4n) is 10.4. The highest BCUT2D eigenvalue weighted by atomic mass is 16.3. The number of phenolic OH excluding ortho intramolecular Hbond substituents is 1. The van der Waals surface area contributed by atoms with Crippen molar-refractivity contribution in [1.29, 1.82) is 0 Å². The van der Waals surface area contributed by atoms with Crippen molar-refractivity contribution in [1.82, 2.24) is 0 Å². The lowest BCUT2D eigenvalue weighted by atomic mass is 9.74. The van der Waals surface area contributed by atoms with E-state index in [1.165, 1.54) is 94.2 Å². The summed E-state index contributed by atoms with van der Waals surface area (Å²) in [6.07, 6.45) is 15.5. The van der Waals surface area contributed by atoms with Gasteiger partial charge in [-0.15, -0.1) is 0 Å². The first-order valence-electron chi connectivity index (χ1n) is 22.4. The largest absolute Gasteiger partial charge is 0.508 e. The summed E-state index contributed by atoms with van der Waals surface area (Å²) in [6.45, 7) is 8.97. The SMILES string of the molecule is Bc1c(C)c(B)c(O)c(C2=C(c3ccccc3)c3c(c(-c4ccccc4)c(C4=CC/C(=C(\C5=CCCC=C5C(=C)c5ccccc5)c5ccccc5)C=C4)c4ccccc34)C2)c1C. The average Bonchev–Trinajstić information content (AvgIpc) is 3.74. The van der Waals surface area contributed by atoms with Crippen molar-refractivity contribution < 1.29 is 5.11 Å². The standard InChI is InChI=1S/C60H50B2O/c1-37(40-20-8-4-9-21-40)46-28-16-17-29-47(46)53(41-22-10-5-11-23-41)44-32-34-45(35-33-44)54-48-30-18-19-31-49(48)57-51(55(54)42-24-12-6-13-25-42)36-50(56(57)43-26-14-7-15-27-43)52-38(2)58(61)39(3)59(62)60(52)63/h4-15,18-32,34-35,63H,1,16-17,33,36,61-62H2,2-3H3/b53-44-. The fourth-order valence-corrected chi connectivity index (χ4v) is 10.4. The van der Waals surface area contributed by atoms with E-state index in [9.17, 15) is 5.11 Å². The van der Waals surface area contributed by atoms with Crippen LogP contribution in [0.2, 0.25) is 0 Å². The summed E-state index contributed by atoms with van der Waals surface area (Å²) in [5.74, 6) is 0.391. The molecule has 3 aliphatic carbocycles. The lowest BCUT2D eigenvalue weighted by Gasteiger charge is -2.26. The van der Waals surface area contributed by atoms with Crippen LogP contribution in [0.15, 0.2) is 199 Å². The summed E-state index contributed by atoms with van der Waals surface area (Å²) in [7, 11) is 4.26. The second-order valence-electron chi connectivity index (χ2n) is 17.3. The van der Waals surface area contributed by atoms with Gasteiger partial charge in [-0.1, -0.05) is 194 Å². The van der Waals surface area contributed by atoms with Crippen LogP contribution in [-0.2, 0) is 6.42 Å². The zero-order valence-corrected chi connectivity index (χ0v) is 36.7. The van der Waals surface area contributed by atoms with E-state index in [0.29, 0.717) is 12.2 Å². The lowest BCUT2D eigenvalue weighted by molar-refractivity contribution is 0.477. The van der Waals surface area contributed by atoms with Gasteiger partial charge in [0.2, 0.25) is 0 Å². The van der Waals surface area contributed by atoms with Crippen LogP contribution in [0.1, 0.15) is 69.3 Å². The minimum Gasteiger partial charge on any atom is -0.508 e. The summed E-state index contributed by atoms with van der Waals surface area (Å²) in [5.41, 5.74) is 25.0. The number of aromatic hydroxyl groups is 1. The highest BCUT2D eigenvalue weighted by Crippen LogP contribution is 2.53. The fraction of sp³-hybridized carbons (Fsp3) is 0.100. The molecule has 0 fully saturated rings. The maximum absolute atomic E-state index is 12.1. The summed E-state index contributed by atoms with van der Waals surface area (Å²) >= 11 is 0. The molecule has 3 heteroatoms. The van der Waals surface area contributed by atoms with E-state index >= 15 is 0 Å². The van der Waals surface area contributed by atoms with Crippen LogP contribution in [0.5, 0.6) is 5.75 Å². The van der Waals surface area contributed by atoms with E-state index in [1.807, 2.05) is 0 Å². The van der Waals surface area contributed by atoms with Crippen LogP contribution >= 0.6 is 0 Å². The molecule has 0 bridgehead atoms. The van der Waals surface area contributed by atoms with Gasteiger partial charge in [0.25, 0.3) is 0 Å². The quantitative estimate of drug-likeness (QED) is 0.152. The second-order valence-corrected chi connectivity index (χ2v) is 17.3. The number of phenols is 1. The molecular formula is C60H50B2O. The van der Waals surface area contributed by atoms with E-state index < -0.39 is 0 Å². The number of hydrogen-bond donors (Lipinski definition) is 1. The molecule has 0 saturated carbocycles. The first-order chi connectivity index (χ1) is 30.8. The number of fused-ring (bicyclic) bond motifs is 3. The molecule has 0 atom stereocenters. The molecule has 1 N–H and O–H groups in total. The molecule has 0 heterocycles. The Hall–Kier alpha value is -7.09. The Morgan fingerprint density at radius 3 is 1.71 bits per heavy atom. The monoisotopic (exact) mass is 808 g/mol.